The van der Waals surface area contributed by atoms with Crippen LogP contribution in [0.15, 0.2) is 59.5 Å². The van der Waals surface area contributed by atoms with Gasteiger partial charge in [0.05, 0.1) is 4.90 Å². The number of carbonyl (C=O) groups excluding carboxylic acids is 2. The second-order valence-corrected chi connectivity index (χ2v) is 8.12. The lowest BCUT2D eigenvalue weighted by atomic mass is 10.2. The van der Waals surface area contributed by atoms with E-state index in [4.69, 9.17) is 0 Å². The van der Waals surface area contributed by atoms with Gasteiger partial charge in [0.15, 0.2) is 0 Å². The fourth-order valence-electron chi connectivity index (χ4n) is 2.93. The molecule has 1 N–H and O–H groups in total. The second kappa shape index (κ2) is 7.79. The lowest BCUT2D eigenvalue weighted by Gasteiger charge is -2.35. The molecule has 0 bridgehead atoms. The summed E-state index contributed by atoms with van der Waals surface area (Å²) in [5.41, 5.74) is 1.37. The van der Waals surface area contributed by atoms with E-state index < -0.39 is 15.1 Å². The van der Waals surface area contributed by atoms with E-state index in [1.807, 2.05) is 12.1 Å². The molecule has 0 saturated carbocycles. The van der Waals surface area contributed by atoms with Crippen LogP contribution in [-0.2, 0) is 14.6 Å². The average Bonchev–Trinajstić information content (AvgIpc) is 2.69. The van der Waals surface area contributed by atoms with Crippen LogP contribution < -0.4 is 10.2 Å². The standard InChI is InChI=1S/C19H21N3O4S/c1-15(23)21-11-13-22(14-12-21)17-9-7-16(8-10-17)20-19(24)27(25,26)18-5-3-2-4-6-18/h2-10H,11-14H2,1H3,(H,20,24). The van der Waals surface area contributed by atoms with E-state index in [0.29, 0.717) is 18.8 Å². The maximum Gasteiger partial charge on any atom is 0.345 e. The number of rotatable bonds is 3. The number of amides is 2. The first kappa shape index (κ1) is 18.9. The number of nitrogens with one attached hydrogen (secondary N) is 1. The number of hydrogen-bond acceptors (Lipinski definition) is 5. The summed E-state index contributed by atoms with van der Waals surface area (Å²) in [6, 6.07) is 14.6. The second-order valence-electron chi connectivity index (χ2n) is 6.27. The van der Waals surface area contributed by atoms with Crippen molar-refractivity contribution >= 4 is 32.4 Å². The molecule has 0 atom stereocenters. The SMILES string of the molecule is CC(=O)N1CCN(c2ccc(NC(=O)S(=O)(=O)c3ccccc3)cc2)CC1. The van der Waals surface area contributed by atoms with Gasteiger partial charge in [-0.15, -0.1) is 0 Å². The number of benzene rings is 2. The maximum atomic E-state index is 12.3. The molecule has 2 amide bonds. The Bertz CT molecular complexity index is 919. The van der Waals surface area contributed by atoms with Crippen molar-refractivity contribution in [3.8, 4) is 0 Å². The van der Waals surface area contributed by atoms with Crippen LogP contribution in [0.4, 0.5) is 16.2 Å². The molecule has 1 saturated heterocycles. The van der Waals surface area contributed by atoms with E-state index in [-0.39, 0.29) is 10.8 Å². The molecule has 27 heavy (non-hydrogen) atoms. The highest BCUT2D eigenvalue weighted by molar-refractivity contribution is 8.06. The summed E-state index contributed by atoms with van der Waals surface area (Å²) in [6.45, 7) is 4.37. The summed E-state index contributed by atoms with van der Waals surface area (Å²) in [5.74, 6) is 0.0762. The molecule has 1 heterocycles. The third-order valence-corrected chi connectivity index (χ3v) is 5.98. The summed E-state index contributed by atoms with van der Waals surface area (Å²) in [5, 5.41) is 1.38. The van der Waals surface area contributed by atoms with Gasteiger partial charge in [-0.05, 0) is 36.4 Å². The van der Waals surface area contributed by atoms with Gasteiger partial charge >= 0.3 is 5.24 Å². The van der Waals surface area contributed by atoms with Crippen LogP contribution in [0.1, 0.15) is 6.92 Å². The summed E-state index contributed by atoms with van der Waals surface area (Å²) >= 11 is 0. The monoisotopic (exact) mass is 387 g/mol. The molecule has 1 aliphatic rings. The van der Waals surface area contributed by atoms with Crippen LogP contribution in [0.5, 0.6) is 0 Å². The number of sulfone groups is 1. The van der Waals surface area contributed by atoms with Crippen LogP contribution in [0.3, 0.4) is 0 Å². The van der Waals surface area contributed by atoms with Gasteiger partial charge in [-0.2, -0.15) is 0 Å². The number of hydrogen-bond donors (Lipinski definition) is 1. The lowest BCUT2D eigenvalue weighted by molar-refractivity contribution is -0.129. The van der Waals surface area contributed by atoms with Crippen molar-refractivity contribution in [3.05, 3.63) is 54.6 Å². The minimum Gasteiger partial charge on any atom is -0.368 e. The molecule has 0 aliphatic carbocycles. The maximum absolute atomic E-state index is 12.3. The molecule has 0 aromatic heterocycles. The third-order valence-electron chi connectivity index (χ3n) is 4.50. The highest BCUT2D eigenvalue weighted by Gasteiger charge is 2.25. The molecule has 3 rings (SSSR count). The molecule has 1 fully saturated rings. The van der Waals surface area contributed by atoms with Crippen molar-refractivity contribution in [3.63, 3.8) is 0 Å². The molecule has 0 spiro atoms. The zero-order chi connectivity index (χ0) is 19.4. The van der Waals surface area contributed by atoms with Crippen LogP contribution >= 0.6 is 0 Å². The first-order chi connectivity index (χ1) is 12.9. The van der Waals surface area contributed by atoms with Crippen molar-refractivity contribution in [2.75, 3.05) is 36.4 Å². The minimum atomic E-state index is -4.08. The summed E-state index contributed by atoms with van der Waals surface area (Å²) in [4.78, 5) is 27.5. The number of piperazine rings is 1. The smallest absolute Gasteiger partial charge is 0.345 e. The molecular formula is C19H21N3O4S. The number of nitrogens with zero attached hydrogens (tertiary/aromatic N) is 2. The Balaban J connectivity index is 1.64. The molecule has 2 aromatic carbocycles. The molecule has 2 aromatic rings. The fraction of sp³-hybridized carbons (Fsp3) is 0.263. The summed E-state index contributed by atoms with van der Waals surface area (Å²) < 4.78 is 24.6. The lowest BCUT2D eigenvalue weighted by Crippen LogP contribution is -2.48. The zero-order valence-corrected chi connectivity index (χ0v) is 15.8. The Labute approximate surface area is 158 Å². The van der Waals surface area contributed by atoms with Crippen LogP contribution in [0, 0.1) is 0 Å². The van der Waals surface area contributed by atoms with Crippen molar-refractivity contribution in [2.24, 2.45) is 0 Å². The quantitative estimate of drug-likeness (QED) is 0.874. The minimum absolute atomic E-state index is 0.0394. The van der Waals surface area contributed by atoms with Crippen molar-refractivity contribution in [1.82, 2.24) is 4.90 Å². The Hall–Kier alpha value is -2.87. The van der Waals surface area contributed by atoms with Gasteiger partial charge in [-0.1, -0.05) is 18.2 Å². The molecule has 142 valence electrons. The molecular weight excluding hydrogens is 366 g/mol. The highest BCUT2D eigenvalue weighted by Crippen LogP contribution is 2.21. The molecule has 1 aliphatic heterocycles. The third kappa shape index (κ3) is 4.28. The Kier molecular flexibility index (Phi) is 5.46. The highest BCUT2D eigenvalue weighted by atomic mass is 32.2. The van der Waals surface area contributed by atoms with Crippen molar-refractivity contribution < 1.29 is 18.0 Å². The van der Waals surface area contributed by atoms with E-state index in [2.05, 4.69) is 10.2 Å². The van der Waals surface area contributed by atoms with Crippen molar-refractivity contribution in [2.45, 2.75) is 11.8 Å². The molecule has 7 nitrogen and oxygen atoms in total. The number of anilines is 2. The summed E-state index contributed by atoms with van der Waals surface area (Å²) in [6.07, 6.45) is 0. The van der Waals surface area contributed by atoms with Gasteiger partial charge in [0, 0.05) is 44.5 Å². The average molecular weight is 387 g/mol. The Morgan fingerprint density at radius 1 is 0.889 bits per heavy atom. The molecule has 8 heteroatoms. The number of carbonyl (C=O) groups is 2. The van der Waals surface area contributed by atoms with Gasteiger partial charge < -0.3 is 15.1 Å². The predicted octanol–water partition coefficient (Wildman–Crippen LogP) is 2.36. The van der Waals surface area contributed by atoms with Gasteiger partial charge in [0.25, 0.3) is 9.84 Å². The van der Waals surface area contributed by atoms with Crippen LogP contribution in [-0.4, -0.2) is 50.6 Å². The van der Waals surface area contributed by atoms with Gasteiger partial charge in [-0.3, -0.25) is 9.59 Å². The van der Waals surface area contributed by atoms with E-state index >= 15 is 0 Å². The van der Waals surface area contributed by atoms with E-state index in [1.54, 1.807) is 42.2 Å². The van der Waals surface area contributed by atoms with E-state index in [1.165, 1.54) is 12.1 Å². The van der Waals surface area contributed by atoms with E-state index in [9.17, 15) is 18.0 Å². The summed E-state index contributed by atoms with van der Waals surface area (Å²) in [7, 11) is -4.08. The Morgan fingerprint density at radius 2 is 1.48 bits per heavy atom. The van der Waals surface area contributed by atoms with E-state index in [0.717, 1.165) is 18.8 Å². The van der Waals surface area contributed by atoms with Crippen LogP contribution in [0.25, 0.3) is 0 Å². The fourth-order valence-corrected chi connectivity index (χ4v) is 3.91. The van der Waals surface area contributed by atoms with Gasteiger partial charge in [0.1, 0.15) is 0 Å². The topological polar surface area (TPSA) is 86.8 Å². The molecule has 0 radical (unpaired) electrons. The van der Waals surface area contributed by atoms with Gasteiger partial charge in [0.2, 0.25) is 5.91 Å². The van der Waals surface area contributed by atoms with Crippen molar-refractivity contribution in [1.29, 1.82) is 0 Å². The first-order valence-electron chi connectivity index (χ1n) is 8.59. The normalized spacial score (nSPS) is 14.7. The van der Waals surface area contributed by atoms with Crippen LogP contribution in [0.2, 0.25) is 0 Å². The molecule has 0 unspecified atom stereocenters. The zero-order valence-electron chi connectivity index (χ0n) is 15.0. The largest absolute Gasteiger partial charge is 0.368 e. The van der Waals surface area contributed by atoms with Gasteiger partial charge in [-0.25, -0.2) is 8.42 Å². The predicted molar refractivity (Wildman–Crippen MR) is 104 cm³/mol. The Morgan fingerprint density at radius 3 is 2.04 bits per heavy atom. The first-order valence-corrected chi connectivity index (χ1v) is 10.1.